The molecule has 3 aromatic carbocycles. The molecule has 4 rings (SSSR count). The van der Waals surface area contributed by atoms with Gasteiger partial charge in [-0.3, -0.25) is 5.01 Å². The van der Waals surface area contributed by atoms with E-state index in [-0.39, 0.29) is 6.04 Å². The highest BCUT2D eigenvalue weighted by Crippen LogP contribution is 2.37. The Morgan fingerprint density at radius 3 is 2.19 bits per heavy atom. The molecule has 0 amide bonds. The molecule has 0 unspecified atom stereocenters. The zero-order valence-corrected chi connectivity index (χ0v) is 16.3. The van der Waals surface area contributed by atoms with Crippen LogP contribution in [0.1, 0.15) is 23.6 Å². The molecule has 136 valence electrons. The summed E-state index contributed by atoms with van der Waals surface area (Å²) in [4.78, 5) is 2.11. The van der Waals surface area contributed by atoms with Crippen LogP contribution in [0.25, 0.3) is 0 Å². The Balaban J connectivity index is 1.71. The van der Waals surface area contributed by atoms with Crippen molar-refractivity contribution in [3.05, 3.63) is 95.0 Å². The fourth-order valence-electron chi connectivity index (χ4n) is 3.40. The summed E-state index contributed by atoms with van der Waals surface area (Å²) in [6.07, 6.45) is 0.869. The van der Waals surface area contributed by atoms with Crippen molar-refractivity contribution < 1.29 is 0 Å². The van der Waals surface area contributed by atoms with Gasteiger partial charge < -0.3 is 4.90 Å². The highest BCUT2D eigenvalue weighted by Gasteiger charge is 2.29. The van der Waals surface area contributed by atoms with Gasteiger partial charge in [-0.25, -0.2) is 0 Å². The van der Waals surface area contributed by atoms with Crippen LogP contribution in [0.2, 0.25) is 5.02 Å². The van der Waals surface area contributed by atoms with Gasteiger partial charge in [0.05, 0.1) is 17.4 Å². The second-order valence-corrected chi connectivity index (χ2v) is 7.38. The monoisotopic (exact) mass is 375 g/mol. The van der Waals surface area contributed by atoms with Crippen LogP contribution in [0.15, 0.2) is 84.0 Å². The van der Waals surface area contributed by atoms with E-state index < -0.39 is 0 Å². The van der Waals surface area contributed by atoms with Gasteiger partial charge in [-0.05, 0) is 47.5 Å². The highest BCUT2D eigenvalue weighted by atomic mass is 35.5. The van der Waals surface area contributed by atoms with Gasteiger partial charge in [-0.2, -0.15) is 5.10 Å². The first-order chi connectivity index (χ1) is 13.1. The summed E-state index contributed by atoms with van der Waals surface area (Å²) < 4.78 is 0. The van der Waals surface area contributed by atoms with Gasteiger partial charge >= 0.3 is 0 Å². The molecule has 1 aliphatic rings. The Kier molecular flexibility index (Phi) is 4.87. The maximum Gasteiger partial charge on any atom is 0.0831 e. The molecule has 1 aliphatic heterocycles. The maximum absolute atomic E-state index is 6.08. The Bertz CT molecular complexity index is 932. The van der Waals surface area contributed by atoms with Crippen molar-refractivity contribution in [2.75, 3.05) is 24.0 Å². The van der Waals surface area contributed by atoms with E-state index in [1.807, 2.05) is 30.3 Å². The van der Waals surface area contributed by atoms with Gasteiger partial charge in [-0.15, -0.1) is 0 Å². The molecule has 0 N–H and O–H groups in total. The van der Waals surface area contributed by atoms with Crippen LogP contribution in [0, 0.1) is 0 Å². The van der Waals surface area contributed by atoms with Crippen molar-refractivity contribution >= 4 is 28.7 Å². The van der Waals surface area contributed by atoms with Crippen molar-refractivity contribution in [2.24, 2.45) is 5.10 Å². The van der Waals surface area contributed by atoms with Crippen molar-refractivity contribution in [1.29, 1.82) is 0 Å². The first-order valence-electron chi connectivity index (χ1n) is 9.07. The summed E-state index contributed by atoms with van der Waals surface area (Å²) >= 11 is 6.08. The number of nitrogens with zero attached hydrogens (tertiary/aromatic N) is 3. The molecule has 0 radical (unpaired) electrons. The molecule has 3 aromatic rings. The number of anilines is 2. The topological polar surface area (TPSA) is 18.8 Å². The zero-order chi connectivity index (χ0) is 18.8. The minimum atomic E-state index is 0.164. The Morgan fingerprint density at radius 2 is 1.56 bits per heavy atom. The standard InChI is InChI=1S/C23H22ClN3/c1-26(2)20-12-8-18(9-13-20)23-16-22(17-6-4-3-5-7-17)25-27(23)21-14-10-19(24)11-15-21/h3-15,23H,16H2,1-2H3/t23-/m0/s1. The second-order valence-electron chi connectivity index (χ2n) is 6.94. The quantitative estimate of drug-likeness (QED) is 0.577. The van der Waals surface area contributed by atoms with Gasteiger partial charge in [0, 0.05) is 31.2 Å². The molecular weight excluding hydrogens is 354 g/mol. The first-order valence-corrected chi connectivity index (χ1v) is 9.44. The fraction of sp³-hybridized carbons (Fsp3) is 0.174. The lowest BCUT2D eigenvalue weighted by Gasteiger charge is -2.24. The molecule has 0 spiro atoms. The number of rotatable bonds is 4. The fourth-order valence-corrected chi connectivity index (χ4v) is 3.53. The van der Waals surface area contributed by atoms with Gasteiger partial charge in [0.2, 0.25) is 0 Å². The SMILES string of the molecule is CN(C)c1ccc([C@@H]2CC(c3ccccc3)=NN2c2ccc(Cl)cc2)cc1. The molecule has 0 aromatic heterocycles. The van der Waals surface area contributed by atoms with E-state index in [1.54, 1.807) is 0 Å². The van der Waals surface area contributed by atoms with Crippen molar-refractivity contribution in [2.45, 2.75) is 12.5 Å². The molecule has 0 fully saturated rings. The molecule has 4 heteroatoms. The summed E-state index contributed by atoms with van der Waals surface area (Å²) in [5.41, 5.74) is 5.77. The Morgan fingerprint density at radius 1 is 0.889 bits per heavy atom. The van der Waals surface area contributed by atoms with Crippen LogP contribution in [0.5, 0.6) is 0 Å². The van der Waals surface area contributed by atoms with Crippen molar-refractivity contribution in [3.63, 3.8) is 0 Å². The summed E-state index contributed by atoms with van der Waals surface area (Å²) in [5.74, 6) is 0. The van der Waals surface area contributed by atoms with Gasteiger partial charge in [0.25, 0.3) is 0 Å². The molecule has 1 atom stereocenters. The van der Waals surface area contributed by atoms with Crippen molar-refractivity contribution in [3.8, 4) is 0 Å². The first kappa shape index (κ1) is 17.6. The summed E-state index contributed by atoms with van der Waals surface area (Å²) in [6.45, 7) is 0. The average molecular weight is 376 g/mol. The summed E-state index contributed by atoms with van der Waals surface area (Å²) in [5, 5.41) is 7.82. The minimum Gasteiger partial charge on any atom is -0.378 e. The number of hydrazone groups is 1. The molecule has 3 nitrogen and oxygen atoms in total. The van der Waals surface area contributed by atoms with E-state index in [1.165, 1.54) is 16.8 Å². The van der Waals surface area contributed by atoms with E-state index in [4.69, 9.17) is 16.7 Å². The number of hydrogen-bond donors (Lipinski definition) is 0. The lowest BCUT2D eigenvalue weighted by molar-refractivity contribution is 0.709. The number of benzene rings is 3. The van der Waals surface area contributed by atoms with Gasteiger partial charge in [0.1, 0.15) is 0 Å². The predicted octanol–water partition coefficient (Wildman–Crippen LogP) is 5.76. The lowest BCUT2D eigenvalue weighted by atomic mass is 9.98. The van der Waals surface area contributed by atoms with E-state index in [2.05, 4.69) is 72.5 Å². The molecule has 0 saturated carbocycles. The smallest absolute Gasteiger partial charge is 0.0831 e. The maximum atomic E-state index is 6.08. The molecule has 1 heterocycles. The van der Waals surface area contributed by atoms with Crippen LogP contribution in [0.3, 0.4) is 0 Å². The third kappa shape index (κ3) is 3.69. The van der Waals surface area contributed by atoms with E-state index in [9.17, 15) is 0 Å². The van der Waals surface area contributed by atoms with Crippen LogP contribution in [-0.4, -0.2) is 19.8 Å². The van der Waals surface area contributed by atoms with E-state index in [0.29, 0.717) is 0 Å². The molecule has 0 saturated heterocycles. The Labute approximate surface area is 165 Å². The van der Waals surface area contributed by atoms with Crippen LogP contribution in [-0.2, 0) is 0 Å². The van der Waals surface area contributed by atoms with Crippen molar-refractivity contribution in [1.82, 2.24) is 0 Å². The van der Waals surface area contributed by atoms with E-state index in [0.717, 1.165) is 22.8 Å². The summed E-state index contributed by atoms with van der Waals surface area (Å²) in [6, 6.07) is 27.2. The number of halogens is 1. The largest absolute Gasteiger partial charge is 0.378 e. The van der Waals surface area contributed by atoms with E-state index >= 15 is 0 Å². The Hall–Kier alpha value is -2.78. The molecular formula is C23H22ClN3. The average Bonchev–Trinajstić information content (AvgIpc) is 3.15. The lowest BCUT2D eigenvalue weighted by Crippen LogP contribution is -2.18. The van der Waals surface area contributed by atoms with Crippen LogP contribution < -0.4 is 9.91 Å². The third-order valence-corrected chi connectivity index (χ3v) is 5.15. The third-order valence-electron chi connectivity index (χ3n) is 4.90. The van der Waals surface area contributed by atoms with Gasteiger partial charge in [-0.1, -0.05) is 54.1 Å². The zero-order valence-electron chi connectivity index (χ0n) is 15.5. The second kappa shape index (κ2) is 7.45. The predicted molar refractivity (Wildman–Crippen MR) is 115 cm³/mol. The minimum absolute atomic E-state index is 0.164. The number of hydrogen-bond acceptors (Lipinski definition) is 3. The summed E-state index contributed by atoms with van der Waals surface area (Å²) in [7, 11) is 4.11. The van der Waals surface area contributed by atoms with Gasteiger partial charge in [0.15, 0.2) is 0 Å². The molecule has 0 bridgehead atoms. The normalized spacial score (nSPS) is 16.3. The molecule has 0 aliphatic carbocycles. The molecule has 27 heavy (non-hydrogen) atoms. The highest BCUT2D eigenvalue weighted by molar-refractivity contribution is 6.30. The van der Waals surface area contributed by atoms with Crippen LogP contribution in [0.4, 0.5) is 11.4 Å². The van der Waals surface area contributed by atoms with Crippen LogP contribution >= 0.6 is 11.6 Å².